The molecule has 1 aromatic carbocycles. The predicted molar refractivity (Wildman–Crippen MR) is 118 cm³/mol. The van der Waals surface area contributed by atoms with Crippen molar-refractivity contribution in [3.8, 4) is 11.5 Å². The first-order valence-electron chi connectivity index (χ1n) is 11.1. The summed E-state index contributed by atoms with van der Waals surface area (Å²) in [4.78, 5) is 27.4. The van der Waals surface area contributed by atoms with Crippen molar-refractivity contribution in [3.05, 3.63) is 40.8 Å². The number of methoxy groups -OCH3 is 1. The quantitative estimate of drug-likeness (QED) is 0.563. The summed E-state index contributed by atoms with van der Waals surface area (Å²) in [6, 6.07) is 5.02. The Kier molecular flexibility index (Phi) is 7.77. The van der Waals surface area contributed by atoms with Crippen molar-refractivity contribution in [2.75, 3.05) is 13.7 Å². The number of ether oxygens (including phenoxy) is 3. The maximum atomic E-state index is 12.9. The molecular formula is C24H32N2O6. The van der Waals surface area contributed by atoms with E-state index < -0.39 is 12.1 Å². The highest BCUT2D eigenvalue weighted by Crippen LogP contribution is 2.30. The van der Waals surface area contributed by atoms with Gasteiger partial charge in [-0.3, -0.25) is 4.79 Å². The van der Waals surface area contributed by atoms with Crippen molar-refractivity contribution >= 4 is 11.9 Å². The van der Waals surface area contributed by atoms with Crippen LogP contribution >= 0.6 is 0 Å². The van der Waals surface area contributed by atoms with Gasteiger partial charge in [0.1, 0.15) is 12.4 Å². The third kappa shape index (κ3) is 5.23. The van der Waals surface area contributed by atoms with Crippen molar-refractivity contribution in [2.24, 2.45) is 0 Å². The zero-order chi connectivity index (χ0) is 23.3. The Labute approximate surface area is 188 Å². The highest BCUT2D eigenvalue weighted by Gasteiger charge is 2.30. The van der Waals surface area contributed by atoms with E-state index in [9.17, 15) is 9.59 Å². The molecule has 1 saturated heterocycles. The van der Waals surface area contributed by atoms with Crippen LogP contribution in [-0.2, 0) is 16.1 Å². The fourth-order valence-electron chi connectivity index (χ4n) is 4.00. The molecule has 32 heavy (non-hydrogen) atoms. The number of likely N-dealkylation sites (tertiary alicyclic amines) is 1. The number of aryl methyl sites for hydroxylation is 2. The second kappa shape index (κ2) is 10.5. The first kappa shape index (κ1) is 23.6. The number of piperidine rings is 1. The minimum Gasteiger partial charge on any atom is -0.493 e. The van der Waals surface area contributed by atoms with Gasteiger partial charge in [0, 0.05) is 12.6 Å². The fraction of sp³-hybridized carbons (Fsp3) is 0.542. The molecule has 8 nitrogen and oxygen atoms in total. The second-order valence-electron chi connectivity index (χ2n) is 8.09. The van der Waals surface area contributed by atoms with Crippen LogP contribution < -0.4 is 9.47 Å². The number of aromatic nitrogens is 1. The third-order valence-electron chi connectivity index (χ3n) is 5.97. The summed E-state index contributed by atoms with van der Waals surface area (Å²) in [7, 11) is 1.50. The summed E-state index contributed by atoms with van der Waals surface area (Å²) in [5.41, 5.74) is 1.92. The maximum Gasteiger partial charge on any atom is 0.339 e. The lowest BCUT2D eigenvalue weighted by Gasteiger charge is -2.36. The minimum atomic E-state index is -0.851. The molecule has 174 valence electrons. The van der Waals surface area contributed by atoms with Gasteiger partial charge in [-0.15, -0.1) is 0 Å². The van der Waals surface area contributed by atoms with Crippen LogP contribution in [-0.4, -0.2) is 47.7 Å². The molecule has 1 amide bonds. The van der Waals surface area contributed by atoms with Crippen LogP contribution in [0, 0.1) is 13.8 Å². The van der Waals surface area contributed by atoms with Crippen molar-refractivity contribution in [1.29, 1.82) is 0 Å². The Bertz CT molecular complexity index is 934. The number of esters is 1. The molecular weight excluding hydrogens is 412 g/mol. The van der Waals surface area contributed by atoms with Crippen molar-refractivity contribution in [2.45, 2.75) is 72.1 Å². The molecule has 0 bridgehead atoms. The van der Waals surface area contributed by atoms with Gasteiger partial charge < -0.3 is 23.6 Å². The fourth-order valence-corrected chi connectivity index (χ4v) is 4.00. The first-order chi connectivity index (χ1) is 15.3. The van der Waals surface area contributed by atoms with Gasteiger partial charge in [0.2, 0.25) is 0 Å². The monoisotopic (exact) mass is 444 g/mol. The van der Waals surface area contributed by atoms with Gasteiger partial charge >= 0.3 is 5.97 Å². The maximum absolute atomic E-state index is 12.9. The third-order valence-corrected chi connectivity index (χ3v) is 5.97. The van der Waals surface area contributed by atoms with E-state index in [0.717, 1.165) is 36.9 Å². The molecule has 1 aromatic heterocycles. The van der Waals surface area contributed by atoms with Crippen LogP contribution in [0.1, 0.15) is 66.9 Å². The summed E-state index contributed by atoms with van der Waals surface area (Å²) in [5, 5.41) is 3.92. The highest BCUT2D eigenvalue weighted by atomic mass is 16.5. The van der Waals surface area contributed by atoms with E-state index in [1.807, 2.05) is 18.7 Å². The van der Waals surface area contributed by atoms with E-state index >= 15 is 0 Å². The molecule has 0 spiro atoms. The SMILES string of the molecule is CCC1CCCCN1C(=O)C(C)OC(=O)c1ccc(OCc2c(C)noc2C)c(OC)c1. The van der Waals surface area contributed by atoms with Gasteiger partial charge in [0.15, 0.2) is 17.6 Å². The topological polar surface area (TPSA) is 91.1 Å². The molecule has 1 aliphatic heterocycles. The molecule has 3 rings (SSSR count). The lowest BCUT2D eigenvalue weighted by molar-refractivity contribution is -0.143. The van der Waals surface area contributed by atoms with Crippen molar-refractivity contribution < 1.29 is 28.3 Å². The number of hydrogen-bond donors (Lipinski definition) is 0. The highest BCUT2D eigenvalue weighted by molar-refractivity contribution is 5.93. The Morgan fingerprint density at radius 3 is 2.69 bits per heavy atom. The van der Waals surface area contributed by atoms with Crippen LogP contribution in [0.25, 0.3) is 0 Å². The summed E-state index contributed by atoms with van der Waals surface area (Å²) in [6.45, 7) is 8.35. The Morgan fingerprint density at radius 1 is 1.25 bits per heavy atom. The van der Waals surface area contributed by atoms with E-state index in [-0.39, 0.29) is 24.1 Å². The average Bonchev–Trinajstić information content (AvgIpc) is 3.13. The number of rotatable bonds is 8. The van der Waals surface area contributed by atoms with Crippen LogP contribution in [0.5, 0.6) is 11.5 Å². The zero-order valence-electron chi connectivity index (χ0n) is 19.5. The molecule has 0 aliphatic carbocycles. The van der Waals surface area contributed by atoms with Gasteiger partial charge in [0.25, 0.3) is 5.91 Å². The zero-order valence-corrected chi connectivity index (χ0v) is 19.5. The summed E-state index contributed by atoms with van der Waals surface area (Å²) < 4.78 is 21.9. The normalized spacial score (nSPS) is 17.0. The van der Waals surface area contributed by atoms with E-state index in [4.69, 9.17) is 18.7 Å². The standard InChI is InChI=1S/C24H32N2O6/c1-6-19-9-7-8-12-26(19)23(27)17(4)31-24(28)18-10-11-21(22(13-18)29-5)30-14-20-15(2)25-32-16(20)3/h10-11,13,17,19H,6-9,12,14H2,1-5H3. The molecule has 2 atom stereocenters. The lowest BCUT2D eigenvalue weighted by atomic mass is 9.99. The number of carbonyl (C=O) groups is 2. The molecule has 2 unspecified atom stereocenters. The summed E-state index contributed by atoms with van der Waals surface area (Å²) >= 11 is 0. The van der Waals surface area contributed by atoms with E-state index in [1.165, 1.54) is 7.11 Å². The van der Waals surface area contributed by atoms with E-state index in [1.54, 1.807) is 25.1 Å². The lowest BCUT2D eigenvalue weighted by Crippen LogP contribution is -2.48. The first-order valence-corrected chi connectivity index (χ1v) is 11.1. The Morgan fingerprint density at radius 2 is 2.03 bits per heavy atom. The molecule has 1 fully saturated rings. The molecule has 8 heteroatoms. The van der Waals surface area contributed by atoms with Gasteiger partial charge in [-0.25, -0.2) is 4.79 Å². The number of nitrogens with zero attached hydrogens (tertiary/aromatic N) is 2. The largest absolute Gasteiger partial charge is 0.493 e. The molecule has 2 aromatic rings. The molecule has 0 N–H and O–H groups in total. The van der Waals surface area contributed by atoms with Crippen molar-refractivity contribution in [3.63, 3.8) is 0 Å². The van der Waals surface area contributed by atoms with Gasteiger partial charge in [-0.2, -0.15) is 0 Å². The molecule has 0 saturated carbocycles. The minimum absolute atomic E-state index is 0.142. The van der Waals surface area contributed by atoms with Crippen molar-refractivity contribution in [1.82, 2.24) is 10.1 Å². The molecule has 2 heterocycles. The number of carbonyl (C=O) groups excluding carboxylic acids is 2. The van der Waals surface area contributed by atoms with Gasteiger partial charge in [-0.1, -0.05) is 12.1 Å². The van der Waals surface area contributed by atoms with Crippen LogP contribution in [0.3, 0.4) is 0 Å². The summed E-state index contributed by atoms with van der Waals surface area (Å²) in [6.07, 6.45) is 3.15. The number of benzene rings is 1. The molecule has 0 radical (unpaired) electrons. The second-order valence-corrected chi connectivity index (χ2v) is 8.09. The predicted octanol–water partition coefficient (Wildman–Crippen LogP) is 4.22. The van der Waals surface area contributed by atoms with Crippen LogP contribution in [0.2, 0.25) is 0 Å². The number of amides is 1. The smallest absolute Gasteiger partial charge is 0.339 e. The average molecular weight is 445 g/mol. The van der Waals surface area contributed by atoms with Gasteiger partial charge in [-0.05, 0) is 64.7 Å². The number of hydrogen-bond acceptors (Lipinski definition) is 7. The molecule has 1 aliphatic rings. The van der Waals surface area contributed by atoms with Crippen LogP contribution in [0.15, 0.2) is 22.7 Å². The van der Waals surface area contributed by atoms with Crippen LogP contribution in [0.4, 0.5) is 0 Å². The van der Waals surface area contributed by atoms with E-state index in [0.29, 0.717) is 23.8 Å². The Balaban J connectivity index is 1.65. The Hall–Kier alpha value is -3.03. The summed E-state index contributed by atoms with van der Waals surface area (Å²) in [5.74, 6) is 0.849. The van der Waals surface area contributed by atoms with E-state index in [2.05, 4.69) is 12.1 Å². The van der Waals surface area contributed by atoms with Gasteiger partial charge in [0.05, 0.1) is 23.9 Å².